The van der Waals surface area contributed by atoms with Crippen molar-refractivity contribution in [3.63, 3.8) is 0 Å². The molecule has 128 valence electrons. The molecular formula is C20H26N2OS. The number of fused-ring (bicyclic) bond motifs is 4. The fraction of sp³-hybridized carbons (Fsp3) is 0.550. The van der Waals surface area contributed by atoms with Crippen LogP contribution in [-0.2, 0) is 0 Å². The highest BCUT2D eigenvalue weighted by molar-refractivity contribution is 7.21. The largest absolute Gasteiger partial charge is 0.346 e. The van der Waals surface area contributed by atoms with Crippen molar-refractivity contribution in [1.82, 2.24) is 10.2 Å². The van der Waals surface area contributed by atoms with Crippen molar-refractivity contribution in [3.05, 3.63) is 34.2 Å². The zero-order valence-corrected chi connectivity index (χ0v) is 15.8. The predicted molar refractivity (Wildman–Crippen MR) is 101 cm³/mol. The Balaban J connectivity index is 1.61. The zero-order valence-electron chi connectivity index (χ0n) is 15.0. The molecule has 2 bridgehead atoms. The Hall–Kier alpha value is -1.39. The maximum Gasteiger partial charge on any atom is 0.261 e. The highest BCUT2D eigenvalue weighted by atomic mass is 32.1. The minimum atomic E-state index is 0.0556. The van der Waals surface area contributed by atoms with Crippen molar-refractivity contribution in [2.45, 2.75) is 52.1 Å². The van der Waals surface area contributed by atoms with Crippen LogP contribution in [0.25, 0.3) is 10.1 Å². The molecule has 1 atom stereocenters. The van der Waals surface area contributed by atoms with Crippen LogP contribution in [0.5, 0.6) is 0 Å². The maximum atomic E-state index is 12.9. The van der Waals surface area contributed by atoms with E-state index in [0.717, 1.165) is 4.88 Å². The molecule has 4 heterocycles. The van der Waals surface area contributed by atoms with Crippen molar-refractivity contribution in [2.75, 3.05) is 13.1 Å². The first kappa shape index (κ1) is 16.1. The summed E-state index contributed by atoms with van der Waals surface area (Å²) in [4.78, 5) is 16.3. The molecule has 1 aromatic carbocycles. The summed E-state index contributed by atoms with van der Waals surface area (Å²) in [6.45, 7) is 11.2. The van der Waals surface area contributed by atoms with Gasteiger partial charge in [-0.1, -0.05) is 12.1 Å². The van der Waals surface area contributed by atoms with Crippen LogP contribution in [0.4, 0.5) is 0 Å². The Labute approximate surface area is 148 Å². The summed E-state index contributed by atoms with van der Waals surface area (Å²) >= 11 is 1.63. The van der Waals surface area contributed by atoms with E-state index in [0.29, 0.717) is 5.92 Å². The summed E-state index contributed by atoms with van der Waals surface area (Å²) in [5.41, 5.74) is 2.63. The van der Waals surface area contributed by atoms with Crippen LogP contribution in [-0.4, -0.2) is 35.5 Å². The summed E-state index contributed by atoms with van der Waals surface area (Å²) < 4.78 is 1.24. The molecule has 0 radical (unpaired) electrons. The Morgan fingerprint density at radius 1 is 1.25 bits per heavy atom. The van der Waals surface area contributed by atoms with E-state index in [1.807, 2.05) is 0 Å². The van der Waals surface area contributed by atoms with E-state index in [4.69, 9.17) is 0 Å². The van der Waals surface area contributed by atoms with E-state index in [9.17, 15) is 4.79 Å². The molecule has 0 saturated carbocycles. The molecule has 4 heteroatoms. The Kier molecular flexibility index (Phi) is 3.73. The Morgan fingerprint density at radius 2 is 1.96 bits per heavy atom. The normalized spacial score (nSPS) is 28.2. The number of piperidine rings is 3. The lowest BCUT2D eigenvalue weighted by Crippen LogP contribution is -2.69. The van der Waals surface area contributed by atoms with Gasteiger partial charge in [-0.25, -0.2) is 0 Å². The molecule has 0 aliphatic carbocycles. The van der Waals surface area contributed by atoms with Crippen LogP contribution >= 0.6 is 11.3 Å². The van der Waals surface area contributed by atoms with Crippen LogP contribution in [0.1, 0.15) is 47.5 Å². The fourth-order valence-corrected chi connectivity index (χ4v) is 5.66. The van der Waals surface area contributed by atoms with Crippen LogP contribution in [0.2, 0.25) is 0 Å². The van der Waals surface area contributed by atoms with Gasteiger partial charge in [-0.3, -0.25) is 9.69 Å². The van der Waals surface area contributed by atoms with Crippen LogP contribution in [0.15, 0.2) is 18.2 Å². The molecule has 3 aliphatic rings. The van der Waals surface area contributed by atoms with Gasteiger partial charge >= 0.3 is 0 Å². The topological polar surface area (TPSA) is 32.3 Å². The molecular weight excluding hydrogens is 316 g/mol. The molecule has 24 heavy (non-hydrogen) atoms. The first-order valence-electron chi connectivity index (χ1n) is 8.93. The zero-order chi connectivity index (χ0) is 17.1. The maximum absolute atomic E-state index is 12.9. The van der Waals surface area contributed by atoms with Crippen LogP contribution < -0.4 is 5.32 Å². The van der Waals surface area contributed by atoms with E-state index >= 15 is 0 Å². The van der Waals surface area contributed by atoms with E-state index in [-0.39, 0.29) is 17.5 Å². The van der Waals surface area contributed by atoms with Crippen molar-refractivity contribution in [1.29, 1.82) is 0 Å². The quantitative estimate of drug-likeness (QED) is 0.890. The van der Waals surface area contributed by atoms with Crippen LogP contribution in [0.3, 0.4) is 0 Å². The number of rotatable bonds is 2. The van der Waals surface area contributed by atoms with Gasteiger partial charge in [0.25, 0.3) is 5.91 Å². The second-order valence-corrected chi connectivity index (χ2v) is 9.02. The lowest BCUT2D eigenvalue weighted by Gasteiger charge is -2.56. The number of amides is 1. The standard InChI is InChI=1S/C20H26N2OS/c1-12-5-6-15-11-16(24-17(15)13(12)2)19(23)21-18-14-7-9-22(10-8-14)20(18,3)4/h5-6,11,14,18H,7-10H2,1-4H3,(H,21,23). The summed E-state index contributed by atoms with van der Waals surface area (Å²) in [6, 6.07) is 6.57. The first-order valence-corrected chi connectivity index (χ1v) is 9.75. The highest BCUT2D eigenvalue weighted by Gasteiger charge is 2.48. The average Bonchev–Trinajstić information content (AvgIpc) is 3.00. The van der Waals surface area contributed by atoms with Crippen molar-refractivity contribution in [2.24, 2.45) is 5.92 Å². The number of hydrogen-bond acceptors (Lipinski definition) is 3. The average molecular weight is 343 g/mol. The van der Waals surface area contributed by atoms with Crippen LogP contribution in [0, 0.1) is 19.8 Å². The minimum Gasteiger partial charge on any atom is -0.346 e. The van der Waals surface area contributed by atoms with Gasteiger partial charge in [-0.15, -0.1) is 11.3 Å². The van der Waals surface area contributed by atoms with E-state index in [1.54, 1.807) is 11.3 Å². The van der Waals surface area contributed by atoms with Crippen molar-refractivity contribution < 1.29 is 4.79 Å². The molecule has 3 saturated heterocycles. The molecule has 0 spiro atoms. The van der Waals surface area contributed by atoms with Gasteiger partial charge in [0, 0.05) is 16.3 Å². The number of benzene rings is 1. The second-order valence-electron chi connectivity index (χ2n) is 7.97. The van der Waals surface area contributed by atoms with Crippen molar-refractivity contribution >= 4 is 27.3 Å². The van der Waals surface area contributed by atoms with Gasteiger partial charge in [-0.05, 0) is 82.1 Å². The SMILES string of the molecule is Cc1ccc2cc(C(=O)NC3C4CCN(CC4)C3(C)C)sc2c1C. The van der Waals surface area contributed by atoms with E-state index < -0.39 is 0 Å². The smallest absolute Gasteiger partial charge is 0.261 e. The molecule has 3 fully saturated rings. The Morgan fingerprint density at radius 3 is 2.62 bits per heavy atom. The monoisotopic (exact) mass is 342 g/mol. The van der Waals surface area contributed by atoms with E-state index in [2.05, 4.69) is 56.1 Å². The second kappa shape index (κ2) is 5.57. The number of thiophene rings is 1. The molecule has 1 unspecified atom stereocenters. The van der Waals surface area contributed by atoms with Gasteiger partial charge in [0.2, 0.25) is 0 Å². The molecule has 3 nitrogen and oxygen atoms in total. The minimum absolute atomic E-state index is 0.0556. The molecule has 1 N–H and O–H groups in total. The van der Waals surface area contributed by atoms with Gasteiger partial charge in [0.15, 0.2) is 0 Å². The lowest BCUT2D eigenvalue weighted by atomic mass is 9.72. The van der Waals surface area contributed by atoms with Gasteiger partial charge in [0.1, 0.15) is 0 Å². The number of hydrogen-bond donors (Lipinski definition) is 1. The summed E-state index contributed by atoms with van der Waals surface area (Å²) in [5, 5.41) is 4.56. The lowest BCUT2D eigenvalue weighted by molar-refractivity contribution is -0.0377. The molecule has 5 rings (SSSR count). The third-order valence-corrected chi connectivity index (χ3v) is 7.57. The third-order valence-electron chi connectivity index (χ3n) is 6.30. The Bertz CT molecular complexity index is 799. The van der Waals surface area contributed by atoms with Gasteiger partial charge in [0.05, 0.1) is 4.88 Å². The number of carbonyl (C=O) groups excluding carboxylic acids is 1. The molecule has 3 aliphatic heterocycles. The van der Waals surface area contributed by atoms with E-state index in [1.165, 1.54) is 47.1 Å². The number of aryl methyl sites for hydroxylation is 2. The van der Waals surface area contributed by atoms with Gasteiger partial charge in [-0.2, -0.15) is 0 Å². The number of nitrogens with zero attached hydrogens (tertiary/aromatic N) is 1. The highest BCUT2D eigenvalue weighted by Crippen LogP contribution is 2.39. The molecule has 1 amide bonds. The number of nitrogens with one attached hydrogen (secondary N) is 1. The molecule has 2 aromatic rings. The molecule has 1 aromatic heterocycles. The predicted octanol–water partition coefficient (Wildman–Crippen LogP) is 4.12. The first-order chi connectivity index (χ1) is 11.4. The summed E-state index contributed by atoms with van der Waals surface area (Å²) in [6.07, 6.45) is 2.41. The summed E-state index contributed by atoms with van der Waals surface area (Å²) in [7, 11) is 0. The third kappa shape index (κ3) is 2.39. The summed E-state index contributed by atoms with van der Waals surface area (Å²) in [5.74, 6) is 0.715. The fourth-order valence-electron chi connectivity index (χ4n) is 4.54. The van der Waals surface area contributed by atoms with Gasteiger partial charge < -0.3 is 5.32 Å². The van der Waals surface area contributed by atoms with Crippen molar-refractivity contribution in [3.8, 4) is 0 Å². The number of carbonyl (C=O) groups is 1.